The van der Waals surface area contributed by atoms with Crippen molar-refractivity contribution < 1.29 is 4.79 Å². The molecule has 3 rings (SSSR count). The molecule has 2 heterocycles. The second-order valence-electron chi connectivity index (χ2n) is 6.77. The van der Waals surface area contributed by atoms with Crippen molar-refractivity contribution in [2.45, 2.75) is 38.8 Å². The quantitative estimate of drug-likeness (QED) is 0.810. The topological polar surface area (TPSA) is 36.4 Å². The summed E-state index contributed by atoms with van der Waals surface area (Å²) < 4.78 is 0. The van der Waals surface area contributed by atoms with Crippen LogP contribution >= 0.6 is 0 Å². The number of carbonyl (C=O) groups excluding carboxylic acids is 1. The number of fused-ring (bicyclic) bond motifs is 1. The van der Waals surface area contributed by atoms with Gasteiger partial charge in [0.25, 0.3) is 0 Å². The summed E-state index contributed by atoms with van der Waals surface area (Å²) in [7, 11) is 2.10. The molecule has 0 spiro atoms. The highest BCUT2D eigenvalue weighted by Crippen LogP contribution is 2.23. The van der Waals surface area contributed by atoms with Gasteiger partial charge in [-0.05, 0) is 48.7 Å². The van der Waals surface area contributed by atoms with Gasteiger partial charge < -0.3 is 4.90 Å². The van der Waals surface area contributed by atoms with Gasteiger partial charge in [0.1, 0.15) is 0 Å². The van der Waals surface area contributed by atoms with Crippen molar-refractivity contribution in [1.29, 1.82) is 0 Å². The van der Waals surface area contributed by atoms with Gasteiger partial charge in [0.15, 0.2) is 0 Å². The molecule has 1 atom stereocenters. The summed E-state index contributed by atoms with van der Waals surface area (Å²) in [5.74, 6) is 0.255. The summed E-state index contributed by atoms with van der Waals surface area (Å²) in [4.78, 5) is 21.0. The van der Waals surface area contributed by atoms with E-state index in [0.717, 1.165) is 32.5 Å². The number of amides is 1. The number of hydrogen-bond donors (Lipinski definition) is 0. The lowest BCUT2D eigenvalue weighted by molar-refractivity contribution is -0.132. The first-order valence-corrected chi connectivity index (χ1v) is 9.13. The Labute approximate surface area is 150 Å². The number of pyridine rings is 1. The van der Waals surface area contributed by atoms with E-state index >= 15 is 0 Å². The molecule has 1 aromatic carbocycles. The molecule has 1 aliphatic heterocycles. The van der Waals surface area contributed by atoms with Gasteiger partial charge in [0.05, 0.1) is 0 Å². The van der Waals surface area contributed by atoms with Gasteiger partial charge in [-0.25, -0.2) is 0 Å². The Morgan fingerprint density at radius 2 is 1.92 bits per heavy atom. The molecule has 0 bridgehead atoms. The maximum absolute atomic E-state index is 12.6. The van der Waals surface area contributed by atoms with Crippen LogP contribution in [0.25, 0.3) is 0 Å². The molecular formula is C21H27N3O. The zero-order valence-electron chi connectivity index (χ0n) is 15.2. The Kier molecular flexibility index (Phi) is 5.82. The van der Waals surface area contributed by atoms with Crippen LogP contribution in [0.4, 0.5) is 0 Å². The summed E-state index contributed by atoms with van der Waals surface area (Å²) in [6, 6.07) is 12.9. The first-order valence-electron chi connectivity index (χ1n) is 9.13. The Hall–Kier alpha value is -2.20. The van der Waals surface area contributed by atoms with Crippen molar-refractivity contribution in [2.24, 2.45) is 0 Å². The molecule has 1 aliphatic rings. The Balaban J connectivity index is 1.55. The highest BCUT2D eigenvalue weighted by molar-refractivity contribution is 5.76. The summed E-state index contributed by atoms with van der Waals surface area (Å²) in [6.07, 6.45) is 6.22. The number of nitrogens with zero attached hydrogens (tertiary/aromatic N) is 3. The van der Waals surface area contributed by atoms with E-state index in [1.54, 1.807) is 0 Å². The van der Waals surface area contributed by atoms with Gasteiger partial charge in [-0.15, -0.1) is 0 Å². The predicted octanol–water partition coefficient (Wildman–Crippen LogP) is 3.44. The number of hydrogen-bond acceptors (Lipinski definition) is 3. The monoisotopic (exact) mass is 337 g/mol. The van der Waals surface area contributed by atoms with Crippen LogP contribution < -0.4 is 0 Å². The first kappa shape index (κ1) is 17.6. The molecule has 0 saturated carbocycles. The van der Waals surface area contributed by atoms with Crippen molar-refractivity contribution in [3.8, 4) is 0 Å². The fourth-order valence-electron chi connectivity index (χ4n) is 3.68. The molecule has 4 nitrogen and oxygen atoms in total. The smallest absolute Gasteiger partial charge is 0.224 e. The van der Waals surface area contributed by atoms with Crippen molar-refractivity contribution in [2.75, 3.05) is 20.1 Å². The van der Waals surface area contributed by atoms with E-state index in [0.29, 0.717) is 12.5 Å². The van der Waals surface area contributed by atoms with E-state index in [2.05, 4.69) is 60.3 Å². The summed E-state index contributed by atoms with van der Waals surface area (Å²) in [6.45, 7) is 4.55. The molecule has 0 aliphatic carbocycles. The molecule has 1 aromatic heterocycles. The highest BCUT2D eigenvalue weighted by atomic mass is 16.2. The molecule has 0 N–H and O–H groups in total. The van der Waals surface area contributed by atoms with E-state index in [9.17, 15) is 4.79 Å². The minimum absolute atomic E-state index is 0.255. The van der Waals surface area contributed by atoms with Gasteiger partial charge >= 0.3 is 0 Å². The van der Waals surface area contributed by atoms with E-state index in [4.69, 9.17) is 0 Å². The van der Waals surface area contributed by atoms with Crippen LogP contribution in [0.15, 0.2) is 48.8 Å². The first-order chi connectivity index (χ1) is 12.2. The third-order valence-corrected chi connectivity index (χ3v) is 5.17. The Morgan fingerprint density at radius 1 is 1.20 bits per heavy atom. The number of aromatic nitrogens is 1. The third-order valence-electron chi connectivity index (χ3n) is 5.17. The highest BCUT2D eigenvalue weighted by Gasteiger charge is 2.22. The van der Waals surface area contributed by atoms with Crippen LogP contribution in [-0.4, -0.2) is 40.8 Å². The van der Waals surface area contributed by atoms with Crippen LogP contribution in [0, 0.1) is 0 Å². The average Bonchev–Trinajstić information content (AvgIpc) is 2.67. The number of benzene rings is 1. The summed E-state index contributed by atoms with van der Waals surface area (Å²) >= 11 is 0. The molecule has 4 heteroatoms. The zero-order chi connectivity index (χ0) is 17.6. The molecular weight excluding hydrogens is 310 g/mol. The van der Waals surface area contributed by atoms with E-state index in [1.807, 2.05) is 17.3 Å². The fourth-order valence-corrected chi connectivity index (χ4v) is 3.68. The zero-order valence-corrected chi connectivity index (χ0v) is 15.2. The van der Waals surface area contributed by atoms with Crippen LogP contribution in [0.1, 0.15) is 42.5 Å². The molecule has 0 saturated heterocycles. The molecule has 1 unspecified atom stereocenters. The lowest BCUT2D eigenvalue weighted by Gasteiger charge is -2.31. The molecule has 1 amide bonds. The number of carbonyl (C=O) groups is 1. The van der Waals surface area contributed by atoms with Gasteiger partial charge in [0.2, 0.25) is 5.91 Å². The van der Waals surface area contributed by atoms with E-state index in [-0.39, 0.29) is 5.91 Å². The largest absolute Gasteiger partial charge is 0.338 e. The molecule has 132 valence electrons. The maximum atomic E-state index is 12.6. The molecule has 0 fully saturated rings. The average molecular weight is 337 g/mol. The van der Waals surface area contributed by atoms with Gasteiger partial charge in [0, 0.05) is 44.5 Å². The Bertz CT molecular complexity index is 701. The van der Waals surface area contributed by atoms with E-state index < -0.39 is 0 Å². The van der Waals surface area contributed by atoms with Crippen LogP contribution in [0.5, 0.6) is 0 Å². The normalized spacial score (nSPS) is 15.1. The molecule has 2 aromatic rings. The van der Waals surface area contributed by atoms with Gasteiger partial charge in [-0.2, -0.15) is 0 Å². The second-order valence-corrected chi connectivity index (χ2v) is 6.77. The summed E-state index contributed by atoms with van der Waals surface area (Å²) in [5, 5.41) is 0. The SMILES string of the molecule is CCC(c1ccncc1)N(C)CCC(=O)N1CCc2ccccc2C1. The minimum Gasteiger partial charge on any atom is -0.338 e. The molecule has 25 heavy (non-hydrogen) atoms. The predicted molar refractivity (Wildman–Crippen MR) is 100 cm³/mol. The Morgan fingerprint density at radius 3 is 2.64 bits per heavy atom. The second kappa shape index (κ2) is 8.26. The third kappa shape index (κ3) is 4.26. The number of rotatable bonds is 6. The summed E-state index contributed by atoms with van der Waals surface area (Å²) in [5.41, 5.74) is 3.94. The maximum Gasteiger partial charge on any atom is 0.224 e. The van der Waals surface area contributed by atoms with Crippen molar-refractivity contribution in [1.82, 2.24) is 14.8 Å². The lowest BCUT2D eigenvalue weighted by atomic mass is 9.99. The van der Waals surface area contributed by atoms with Crippen LogP contribution in [0.3, 0.4) is 0 Å². The minimum atomic E-state index is 0.255. The van der Waals surface area contributed by atoms with Gasteiger partial charge in [-0.3, -0.25) is 14.7 Å². The van der Waals surface area contributed by atoms with Crippen molar-refractivity contribution in [3.05, 3.63) is 65.5 Å². The lowest BCUT2D eigenvalue weighted by Crippen LogP contribution is -2.38. The van der Waals surface area contributed by atoms with Gasteiger partial charge in [-0.1, -0.05) is 31.2 Å². The van der Waals surface area contributed by atoms with Crippen molar-refractivity contribution >= 4 is 5.91 Å². The van der Waals surface area contributed by atoms with E-state index in [1.165, 1.54) is 16.7 Å². The van der Waals surface area contributed by atoms with Crippen molar-refractivity contribution in [3.63, 3.8) is 0 Å². The van der Waals surface area contributed by atoms with Crippen LogP contribution in [0.2, 0.25) is 0 Å². The van der Waals surface area contributed by atoms with Crippen LogP contribution in [-0.2, 0) is 17.8 Å². The fraction of sp³-hybridized carbons (Fsp3) is 0.429. The standard InChI is InChI=1S/C21H27N3O/c1-3-20(18-8-12-22-13-9-18)23(2)14-11-21(25)24-15-10-17-6-4-5-7-19(17)16-24/h4-9,12-13,20H,3,10-11,14-16H2,1-2H3. The molecule has 0 radical (unpaired) electrons.